The summed E-state index contributed by atoms with van der Waals surface area (Å²) in [7, 11) is 0. The molecule has 1 unspecified atom stereocenters. The van der Waals surface area contributed by atoms with E-state index >= 15 is 0 Å². The van der Waals surface area contributed by atoms with Crippen LogP contribution >= 0.6 is 23.4 Å². The molecule has 1 N–H and O–H groups in total. The number of hydrogen-bond donors (Lipinski definition) is 1. The van der Waals surface area contributed by atoms with Gasteiger partial charge < -0.3 is 14.6 Å². The molecule has 0 saturated carbocycles. The van der Waals surface area contributed by atoms with Crippen LogP contribution in [0.4, 0.5) is 5.69 Å². The summed E-state index contributed by atoms with van der Waals surface area (Å²) in [6.45, 7) is 4.64. The molecule has 8 heteroatoms. The molecular weight excluding hydrogens is 396 g/mol. The number of carbonyl (C=O) groups is 1. The Morgan fingerprint density at radius 1 is 1.18 bits per heavy atom. The summed E-state index contributed by atoms with van der Waals surface area (Å²) in [4.78, 5) is 12.2. The minimum Gasteiger partial charge on any atom is -0.483 e. The molecule has 1 heterocycles. The molecular formula is C20H21ClN4O2S. The van der Waals surface area contributed by atoms with Crippen molar-refractivity contribution in [1.82, 2.24) is 14.8 Å². The topological polar surface area (TPSA) is 69.0 Å². The van der Waals surface area contributed by atoms with Gasteiger partial charge in [0.25, 0.3) is 0 Å². The Morgan fingerprint density at radius 2 is 1.89 bits per heavy atom. The number of nitrogens with zero attached hydrogens (tertiary/aromatic N) is 3. The first kappa shape index (κ1) is 20.2. The molecule has 0 bridgehead atoms. The van der Waals surface area contributed by atoms with E-state index in [1.165, 1.54) is 11.8 Å². The van der Waals surface area contributed by atoms with E-state index in [4.69, 9.17) is 16.3 Å². The monoisotopic (exact) mass is 416 g/mol. The molecule has 1 aromatic heterocycles. The Morgan fingerprint density at radius 3 is 2.57 bits per heavy atom. The molecule has 0 fully saturated rings. The second-order valence-electron chi connectivity index (χ2n) is 6.00. The third-order valence-electron chi connectivity index (χ3n) is 3.94. The molecule has 3 rings (SSSR count). The molecule has 0 radical (unpaired) electrons. The van der Waals surface area contributed by atoms with Gasteiger partial charge in [-0.15, -0.1) is 10.2 Å². The SMILES string of the molecule is CCn1c(SCC(=O)Nc2ccc(Cl)cc2)nnc1C(C)Oc1ccccc1. The largest absolute Gasteiger partial charge is 0.483 e. The average molecular weight is 417 g/mol. The fourth-order valence-electron chi connectivity index (χ4n) is 2.62. The second kappa shape index (κ2) is 9.61. The molecule has 6 nitrogen and oxygen atoms in total. The molecule has 3 aromatic rings. The van der Waals surface area contributed by atoms with Gasteiger partial charge in [0.2, 0.25) is 5.91 Å². The number of amides is 1. The predicted octanol–water partition coefficient (Wildman–Crippen LogP) is 4.82. The average Bonchev–Trinajstić information content (AvgIpc) is 3.12. The van der Waals surface area contributed by atoms with Crippen molar-refractivity contribution in [1.29, 1.82) is 0 Å². The zero-order chi connectivity index (χ0) is 19.9. The number of rotatable bonds is 8. The Balaban J connectivity index is 1.61. The lowest BCUT2D eigenvalue weighted by molar-refractivity contribution is -0.113. The van der Waals surface area contributed by atoms with E-state index in [-0.39, 0.29) is 17.8 Å². The van der Waals surface area contributed by atoms with Crippen molar-refractivity contribution < 1.29 is 9.53 Å². The van der Waals surface area contributed by atoms with Crippen LogP contribution in [0.15, 0.2) is 59.8 Å². The van der Waals surface area contributed by atoms with Gasteiger partial charge >= 0.3 is 0 Å². The van der Waals surface area contributed by atoms with Gasteiger partial charge in [-0.25, -0.2) is 0 Å². The first-order valence-corrected chi connectivity index (χ1v) is 10.3. The molecule has 28 heavy (non-hydrogen) atoms. The lowest BCUT2D eigenvalue weighted by atomic mass is 10.3. The Kier molecular flexibility index (Phi) is 6.95. The van der Waals surface area contributed by atoms with Crippen LogP contribution in [0.25, 0.3) is 0 Å². The standard InChI is InChI=1S/C20H21ClN4O2S/c1-3-25-19(14(2)27-17-7-5-4-6-8-17)23-24-20(25)28-13-18(26)22-16-11-9-15(21)10-12-16/h4-12,14H,3,13H2,1-2H3,(H,22,26). The molecule has 2 aromatic carbocycles. The molecule has 0 aliphatic rings. The quantitative estimate of drug-likeness (QED) is 0.533. The van der Waals surface area contributed by atoms with Crippen molar-refractivity contribution in [3.05, 3.63) is 65.4 Å². The van der Waals surface area contributed by atoms with Crippen LogP contribution in [0.3, 0.4) is 0 Å². The zero-order valence-corrected chi connectivity index (χ0v) is 17.2. The summed E-state index contributed by atoms with van der Waals surface area (Å²) in [5, 5.41) is 12.7. The first-order valence-electron chi connectivity index (χ1n) is 8.90. The lowest BCUT2D eigenvalue weighted by Crippen LogP contribution is -2.15. The van der Waals surface area contributed by atoms with Gasteiger partial charge in [0.05, 0.1) is 5.75 Å². The van der Waals surface area contributed by atoms with E-state index in [2.05, 4.69) is 15.5 Å². The van der Waals surface area contributed by atoms with E-state index in [1.807, 2.05) is 48.7 Å². The minimum absolute atomic E-state index is 0.117. The van der Waals surface area contributed by atoms with Gasteiger partial charge in [0, 0.05) is 17.3 Å². The predicted molar refractivity (Wildman–Crippen MR) is 112 cm³/mol. The van der Waals surface area contributed by atoms with Crippen molar-refractivity contribution >= 4 is 35.0 Å². The number of aromatic nitrogens is 3. The normalized spacial score (nSPS) is 11.8. The smallest absolute Gasteiger partial charge is 0.234 e. The van der Waals surface area contributed by atoms with Gasteiger partial charge in [-0.05, 0) is 50.2 Å². The zero-order valence-electron chi connectivity index (χ0n) is 15.6. The number of anilines is 1. The van der Waals surface area contributed by atoms with Crippen molar-refractivity contribution in [2.24, 2.45) is 0 Å². The van der Waals surface area contributed by atoms with Crippen LogP contribution in [0.1, 0.15) is 25.8 Å². The summed E-state index contributed by atoms with van der Waals surface area (Å²) in [5.41, 5.74) is 0.706. The maximum Gasteiger partial charge on any atom is 0.234 e. The Hall–Kier alpha value is -2.51. The van der Waals surface area contributed by atoms with E-state index < -0.39 is 0 Å². The number of hydrogen-bond acceptors (Lipinski definition) is 5. The maximum atomic E-state index is 12.2. The fraction of sp³-hybridized carbons (Fsp3) is 0.250. The van der Waals surface area contributed by atoms with Crippen LogP contribution in [0.2, 0.25) is 5.02 Å². The van der Waals surface area contributed by atoms with Crippen molar-refractivity contribution in [2.45, 2.75) is 31.7 Å². The summed E-state index contributed by atoms with van der Waals surface area (Å²) < 4.78 is 7.91. The molecule has 1 amide bonds. The summed E-state index contributed by atoms with van der Waals surface area (Å²) in [5.74, 6) is 1.62. The van der Waals surface area contributed by atoms with Crippen LogP contribution in [0, 0.1) is 0 Å². The van der Waals surface area contributed by atoms with Gasteiger partial charge in [-0.2, -0.15) is 0 Å². The van der Waals surface area contributed by atoms with Crippen molar-refractivity contribution in [2.75, 3.05) is 11.1 Å². The van der Waals surface area contributed by atoms with Crippen LogP contribution in [-0.4, -0.2) is 26.4 Å². The number of carbonyl (C=O) groups excluding carboxylic acids is 1. The van der Waals surface area contributed by atoms with Crippen molar-refractivity contribution in [3.8, 4) is 5.75 Å². The third kappa shape index (κ3) is 5.27. The highest BCUT2D eigenvalue weighted by Gasteiger charge is 2.19. The number of halogens is 1. The Labute approximate surface area is 173 Å². The molecule has 1 atom stereocenters. The lowest BCUT2D eigenvalue weighted by Gasteiger charge is -2.15. The number of ether oxygens (including phenoxy) is 1. The molecule has 0 spiro atoms. The highest BCUT2D eigenvalue weighted by atomic mass is 35.5. The van der Waals surface area contributed by atoms with Gasteiger partial charge in [0.1, 0.15) is 5.75 Å². The molecule has 0 aliphatic carbocycles. The van der Waals surface area contributed by atoms with Crippen LogP contribution in [-0.2, 0) is 11.3 Å². The van der Waals surface area contributed by atoms with Crippen LogP contribution < -0.4 is 10.1 Å². The third-order valence-corrected chi connectivity index (χ3v) is 5.16. The number of nitrogens with one attached hydrogen (secondary N) is 1. The van der Waals surface area contributed by atoms with E-state index in [0.29, 0.717) is 22.4 Å². The minimum atomic E-state index is -0.257. The number of thioether (sulfide) groups is 1. The van der Waals surface area contributed by atoms with Crippen LogP contribution in [0.5, 0.6) is 5.75 Å². The number of benzene rings is 2. The number of para-hydroxylation sites is 1. The van der Waals surface area contributed by atoms with Gasteiger partial charge in [-0.1, -0.05) is 41.6 Å². The van der Waals surface area contributed by atoms with Crippen molar-refractivity contribution in [3.63, 3.8) is 0 Å². The molecule has 146 valence electrons. The summed E-state index contributed by atoms with van der Waals surface area (Å²) >= 11 is 7.20. The first-order chi connectivity index (χ1) is 13.6. The Bertz CT molecular complexity index is 916. The second-order valence-corrected chi connectivity index (χ2v) is 7.38. The summed E-state index contributed by atoms with van der Waals surface area (Å²) in [6, 6.07) is 16.6. The van der Waals surface area contributed by atoms with E-state index in [0.717, 1.165) is 11.6 Å². The van der Waals surface area contributed by atoms with E-state index in [1.54, 1.807) is 24.3 Å². The van der Waals surface area contributed by atoms with E-state index in [9.17, 15) is 4.79 Å². The summed E-state index contributed by atoms with van der Waals surface area (Å²) in [6.07, 6.45) is -0.257. The molecule has 0 aliphatic heterocycles. The highest BCUT2D eigenvalue weighted by Crippen LogP contribution is 2.24. The fourth-order valence-corrected chi connectivity index (χ4v) is 3.56. The van der Waals surface area contributed by atoms with Gasteiger partial charge in [-0.3, -0.25) is 4.79 Å². The molecule has 0 saturated heterocycles. The van der Waals surface area contributed by atoms with Gasteiger partial charge in [0.15, 0.2) is 17.1 Å². The maximum absolute atomic E-state index is 12.2. The highest BCUT2D eigenvalue weighted by molar-refractivity contribution is 7.99.